The van der Waals surface area contributed by atoms with Gasteiger partial charge in [0.1, 0.15) is 5.92 Å². The second kappa shape index (κ2) is 7.16. The molecule has 2 aromatic rings. The smallest absolute Gasteiger partial charge is 0.271 e. The van der Waals surface area contributed by atoms with E-state index in [1.165, 1.54) is 10.0 Å². The van der Waals surface area contributed by atoms with E-state index in [2.05, 4.69) is 26.1 Å². The molecule has 0 radical (unpaired) electrons. The van der Waals surface area contributed by atoms with Gasteiger partial charge in [0.25, 0.3) is 11.8 Å². The first-order valence-electron chi connectivity index (χ1n) is 8.78. The Balaban J connectivity index is 1.69. The summed E-state index contributed by atoms with van der Waals surface area (Å²) in [6, 6.07) is 18.4. The van der Waals surface area contributed by atoms with Crippen LogP contribution in [0.3, 0.4) is 0 Å². The molecule has 2 heterocycles. The second-order valence-corrected chi connectivity index (χ2v) is 7.38. The summed E-state index contributed by atoms with van der Waals surface area (Å²) in [4.78, 5) is 26.1. The molecule has 2 aliphatic rings. The van der Waals surface area contributed by atoms with Crippen LogP contribution in [0.5, 0.6) is 0 Å². The Morgan fingerprint density at radius 2 is 1.39 bits per heavy atom. The van der Waals surface area contributed by atoms with Crippen molar-refractivity contribution >= 4 is 50.5 Å². The Bertz CT molecular complexity index is 1040. The Labute approximate surface area is 171 Å². The quantitative estimate of drug-likeness (QED) is 0.679. The summed E-state index contributed by atoms with van der Waals surface area (Å²) >= 11 is 3.52. The molecular formula is C21H17BrN4O2. The Morgan fingerprint density at radius 3 is 1.96 bits per heavy atom. The van der Waals surface area contributed by atoms with E-state index in [1.54, 1.807) is 13.8 Å². The zero-order valence-corrected chi connectivity index (χ0v) is 16.9. The largest absolute Gasteiger partial charge is 0.281 e. The van der Waals surface area contributed by atoms with Gasteiger partial charge in [-0.15, -0.1) is 0 Å². The molecule has 0 saturated heterocycles. The van der Waals surface area contributed by atoms with Gasteiger partial charge in [0.05, 0.1) is 28.4 Å². The molecule has 0 bridgehead atoms. The number of hydrazone groups is 2. The van der Waals surface area contributed by atoms with Crippen molar-refractivity contribution in [2.24, 2.45) is 16.1 Å². The number of hydrogen-bond acceptors (Lipinski definition) is 4. The second-order valence-electron chi connectivity index (χ2n) is 6.52. The number of nitrogens with zero attached hydrogens (tertiary/aromatic N) is 4. The predicted molar refractivity (Wildman–Crippen MR) is 114 cm³/mol. The number of amides is 2. The average Bonchev–Trinajstić information content (AvgIpc) is 3.17. The van der Waals surface area contributed by atoms with E-state index in [0.717, 1.165) is 0 Å². The van der Waals surface area contributed by atoms with E-state index in [4.69, 9.17) is 0 Å². The molecule has 2 aromatic carbocycles. The van der Waals surface area contributed by atoms with E-state index in [9.17, 15) is 9.59 Å². The lowest BCUT2D eigenvalue weighted by Gasteiger charge is -2.16. The monoisotopic (exact) mass is 436 g/mol. The van der Waals surface area contributed by atoms with E-state index >= 15 is 0 Å². The van der Waals surface area contributed by atoms with Gasteiger partial charge in [-0.2, -0.15) is 20.2 Å². The lowest BCUT2D eigenvalue weighted by Crippen LogP contribution is -2.29. The van der Waals surface area contributed by atoms with Gasteiger partial charge in [-0.25, -0.2) is 0 Å². The number of anilines is 2. The normalized spacial score (nSPS) is 21.2. The van der Waals surface area contributed by atoms with Gasteiger partial charge < -0.3 is 0 Å². The highest BCUT2D eigenvalue weighted by Crippen LogP contribution is 2.35. The maximum atomic E-state index is 13.1. The maximum absolute atomic E-state index is 13.1. The van der Waals surface area contributed by atoms with Crippen molar-refractivity contribution in [3.8, 4) is 0 Å². The molecule has 4 rings (SSSR count). The van der Waals surface area contributed by atoms with Crippen LogP contribution in [0.25, 0.3) is 0 Å². The van der Waals surface area contributed by atoms with E-state index in [0.29, 0.717) is 32.9 Å². The number of benzene rings is 2. The third kappa shape index (κ3) is 2.97. The summed E-state index contributed by atoms with van der Waals surface area (Å²) in [6.07, 6.45) is 0. The average molecular weight is 437 g/mol. The summed E-state index contributed by atoms with van der Waals surface area (Å²) in [5.74, 6) is -1.13. The molecule has 0 saturated carbocycles. The minimum absolute atomic E-state index is 0.207. The van der Waals surface area contributed by atoms with Crippen molar-refractivity contribution < 1.29 is 9.59 Å². The van der Waals surface area contributed by atoms with E-state index in [-0.39, 0.29) is 11.8 Å². The maximum Gasteiger partial charge on any atom is 0.281 e. The minimum atomic E-state index is -0.653. The summed E-state index contributed by atoms with van der Waals surface area (Å²) in [7, 11) is 0. The zero-order chi connectivity index (χ0) is 19.8. The molecule has 6 nitrogen and oxygen atoms in total. The molecule has 0 fully saturated rings. The van der Waals surface area contributed by atoms with Gasteiger partial charge >= 0.3 is 0 Å². The molecule has 1 unspecified atom stereocenters. The first-order valence-corrected chi connectivity index (χ1v) is 9.57. The van der Waals surface area contributed by atoms with Crippen LogP contribution in [0.4, 0.5) is 11.4 Å². The number of halogens is 1. The fourth-order valence-corrected chi connectivity index (χ4v) is 4.26. The number of para-hydroxylation sites is 2. The molecule has 0 N–H and O–H groups in total. The Hall–Kier alpha value is -3.06. The van der Waals surface area contributed by atoms with Crippen LogP contribution in [0.15, 0.2) is 80.9 Å². The predicted octanol–water partition coefficient (Wildman–Crippen LogP) is 4.10. The highest BCUT2D eigenvalue weighted by Gasteiger charge is 2.41. The fourth-order valence-electron chi connectivity index (χ4n) is 3.28. The van der Waals surface area contributed by atoms with Gasteiger partial charge in [-0.1, -0.05) is 52.3 Å². The summed E-state index contributed by atoms with van der Waals surface area (Å²) < 4.78 is 0.488. The van der Waals surface area contributed by atoms with Gasteiger partial charge in [0.2, 0.25) is 0 Å². The molecule has 0 aliphatic carbocycles. The van der Waals surface area contributed by atoms with Crippen LogP contribution in [-0.4, -0.2) is 23.2 Å². The zero-order valence-electron chi connectivity index (χ0n) is 15.3. The summed E-state index contributed by atoms with van der Waals surface area (Å²) in [5, 5.41) is 11.5. The molecule has 140 valence electrons. The van der Waals surface area contributed by atoms with Crippen molar-refractivity contribution in [1.29, 1.82) is 0 Å². The van der Waals surface area contributed by atoms with Gasteiger partial charge in [-0.05, 0) is 38.1 Å². The minimum Gasteiger partial charge on any atom is -0.271 e. The molecule has 0 spiro atoms. The van der Waals surface area contributed by atoms with Crippen molar-refractivity contribution in [1.82, 2.24) is 0 Å². The first-order chi connectivity index (χ1) is 13.5. The van der Waals surface area contributed by atoms with Crippen LogP contribution in [-0.2, 0) is 9.59 Å². The van der Waals surface area contributed by atoms with Crippen LogP contribution in [0, 0.1) is 5.92 Å². The van der Waals surface area contributed by atoms with Crippen LogP contribution < -0.4 is 10.0 Å². The molecule has 2 aliphatic heterocycles. The van der Waals surface area contributed by atoms with E-state index in [1.807, 2.05) is 60.7 Å². The van der Waals surface area contributed by atoms with Gasteiger partial charge in [0.15, 0.2) is 0 Å². The Morgan fingerprint density at radius 1 is 0.857 bits per heavy atom. The molecule has 7 heteroatoms. The van der Waals surface area contributed by atoms with Crippen LogP contribution in [0.2, 0.25) is 0 Å². The number of hydrogen-bond donors (Lipinski definition) is 0. The number of carbonyl (C=O) groups is 2. The fraction of sp³-hybridized carbons (Fsp3) is 0.143. The highest BCUT2D eigenvalue weighted by atomic mass is 79.9. The van der Waals surface area contributed by atoms with Crippen LogP contribution in [0.1, 0.15) is 13.8 Å². The van der Waals surface area contributed by atoms with Crippen molar-refractivity contribution in [3.05, 3.63) is 70.7 Å². The SMILES string of the molecule is CC1=NN(c2ccccc2)C(=O)C1=C(Br)C1C(=O)N(c2ccccc2)N=C1C. The first kappa shape index (κ1) is 18.3. The highest BCUT2D eigenvalue weighted by molar-refractivity contribution is 9.11. The molecule has 28 heavy (non-hydrogen) atoms. The third-order valence-corrected chi connectivity index (χ3v) is 5.50. The molecule has 1 atom stereocenters. The van der Waals surface area contributed by atoms with Gasteiger partial charge in [0, 0.05) is 4.48 Å². The lowest BCUT2D eigenvalue weighted by atomic mass is 9.98. The lowest BCUT2D eigenvalue weighted by molar-refractivity contribution is -0.118. The number of carbonyl (C=O) groups excluding carboxylic acids is 2. The molecular weight excluding hydrogens is 420 g/mol. The molecule has 0 aromatic heterocycles. The third-order valence-electron chi connectivity index (χ3n) is 4.64. The van der Waals surface area contributed by atoms with Crippen molar-refractivity contribution in [2.75, 3.05) is 10.0 Å². The summed E-state index contributed by atoms with van der Waals surface area (Å²) in [6.45, 7) is 3.55. The van der Waals surface area contributed by atoms with Crippen LogP contribution >= 0.6 is 15.9 Å². The number of rotatable bonds is 3. The summed E-state index contributed by atoms with van der Waals surface area (Å²) in [5.41, 5.74) is 2.93. The van der Waals surface area contributed by atoms with E-state index < -0.39 is 5.92 Å². The Kier molecular flexibility index (Phi) is 4.68. The van der Waals surface area contributed by atoms with Crippen molar-refractivity contribution in [3.63, 3.8) is 0 Å². The molecule has 2 amide bonds. The topological polar surface area (TPSA) is 65.3 Å². The standard InChI is InChI=1S/C21H17BrN4O2/c1-13-17(20(27)25(23-13)15-9-5-3-6-10-15)19(22)18-14(2)24-26(21(18)28)16-11-7-4-8-12-16/h3-12,17H,1-2H3. The van der Waals surface area contributed by atoms with Crippen molar-refractivity contribution in [2.45, 2.75) is 13.8 Å². The van der Waals surface area contributed by atoms with Gasteiger partial charge in [-0.3, -0.25) is 9.59 Å².